The Morgan fingerprint density at radius 2 is 1.89 bits per heavy atom. The van der Waals surface area contributed by atoms with Crippen molar-refractivity contribution < 1.29 is 8.78 Å². The van der Waals surface area contributed by atoms with Gasteiger partial charge in [0.25, 0.3) is 0 Å². The second-order valence-corrected chi connectivity index (χ2v) is 5.26. The van der Waals surface area contributed by atoms with Gasteiger partial charge in [-0.3, -0.25) is 4.98 Å². The lowest BCUT2D eigenvalue weighted by Gasteiger charge is -2.26. The molecule has 19 heavy (non-hydrogen) atoms. The fourth-order valence-corrected chi connectivity index (χ4v) is 2.07. The van der Waals surface area contributed by atoms with Crippen LogP contribution >= 0.6 is 0 Å². The van der Waals surface area contributed by atoms with Gasteiger partial charge < -0.3 is 0 Å². The number of nitrogens with zero attached hydrogens (tertiary/aromatic N) is 1. The monoisotopic (exact) mass is 261 g/mol. The van der Waals surface area contributed by atoms with Crippen molar-refractivity contribution in [2.75, 3.05) is 0 Å². The minimum absolute atomic E-state index is 0.310. The van der Waals surface area contributed by atoms with Crippen molar-refractivity contribution >= 4 is 0 Å². The number of hydrogen-bond donors (Lipinski definition) is 0. The Kier molecular flexibility index (Phi) is 3.65. The maximum Gasteiger partial charge on any atom is 0.135 e. The molecule has 0 unspecified atom stereocenters. The van der Waals surface area contributed by atoms with Gasteiger partial charge in [0.15, 0.2) is 0 Å². The molecule has 0 radical (unpaired) electrons. The first-order valence-corrected chi connectivity index (χ1v) is 6.36. The van der Waals surface area contributed by atoms with E-state index in [0.717, 1.165) is 12.5 Å². The number of aromatic nitrogens is 1. The molecule has 0 atom stereocenters. The summed E-state index contributed by atoms with van der Waals surface area (Å²) in [4.78, 5) is 4.19. The van der Waals surface area contributed by atoms with Crippen LogP contribution in [0, 0.1) is 11.6 Å². The largest absolute Gasteiger partial charge is 0.256 e. The summed E-state index contributed by atoms with van der Waals surface area (Å²) in [6.07, 6.45) is 2.40. The summed E-state index contributed by atoms with van der Waals surface area (Å²) in [7, 11) is 0. The first-order chi connectivity index (χ1) is 8.95. The van der Waals surface area contributed by atoms with Crippen LogP contribution in [0.4, 0.5) is 8.78 Å². The molecule has 3 heteroatoms. The topological polar surface area (TPSA) is 12.9 Å². The first kappa shape index (κ1) is 13.7. The zero-order valence-corrected chi connectivity index (χ0v) is 11.4. The molecule has 0 aliphatic rings. The molecule has 1 heterocycles. The summed E-state index contributed by atoms with van der Waals surface area (Å²) in [5.74, 6) is -1.11. The number of pyridine rings is 1. The van der Waals surface area contributed by atoms with Crippen LogP contribution in [0.15, 0.2) is 36.5 Å². The fourth-order valence-electron chi connectivity index (χ4n) is 2.07. The molecule has 2 aromatic rings. The van der Waals surface area contributed by atoms with Gasteiger partial charge in [-0.15, -0.1) is 0 Å². The van der Waals surface area contributed by atoms with Crippen LogP contribution in [0.25, 0.3) is 11.3 Å². The van der Waals surface area contributed by atoms with Crippen LogP contribution in [0.1, 0.15) is 32.8 Å². The van der Waals surface area contributed by atoms with Crippen molar-refractivity contribution in [1.29, 1.82) is 0 Å². The smallest absolute Gasteiger partial charge is 0.135 e. The van der Waals surface area contributed by atoms with Gasteiger partial charge in [-0.2, -0.15) is 0 Å². The van der Waals surface area contributed by atoms with Gasteiger partial charge >= 0.3 is 0 Å². The highest BCUT2D eigenvalue weighted by atomic mass is 19.1. The third-order valence-corrected chi connectivity index (χ3v) is 3.59. The van der Waals surface area contributed by atoms with E-state index >= 15 is 0 Å². The zero-order valence-electron chi connectivity index (χ0n) is 11.4. The molecule has 100 valence electrons. The van der Waals surface area contributed by atoms with Gasteiger partial charge in [0.05, 0.1) is 5.69 Å². The molecule has 1 aromatic heterocycles. The van der Waals surface area contributed by atoms with Crippen LogP contribution < -0.4 is 0 Å². The van der Waals surface area contributed by atoms with Gasteiger partial charge in [-0.05, 0) is 35.6 Å². The Morgan fingerprint density at radius 1 is 1.16 bits per heavy atom. The van der Waals surface area contributed by atoms with Gasteiger partial charge in [0.2, 0.25) is 0 Å². The van der Waals surface area contributed by atoms with Gasteiger partial charge in [0.1, 0.15) is 11.6 Å². The van der Waals surface area contributed by atoms with E-state index < -0.39 is 11.6 Å². The van der Waals surface area contributed by atoms with E-state index in [2.05, 4.69) is 4.98 Å². The predicted molar refractivity (Wildman–Crippen MR) is 72.9 cm³/mol. The van der Waals surface area contributed by atoms with E-state index in [4.69, 9.17) is 0 Å². The van der Waals surface area contributed by atoms with Crippen LogP contribution in [0.5, 0.6) is 0 Å². The summed E-state index contributed by atoms with van der Waals surface area (Å²) in [5, 5.41) is 0. The highest BCUT2D eigenvalue weighted by molar-refractivity contribution is 5.66. The van der Waals surface area contributed by atoms with Crippen molar-refractivity contribution in [2.45, 2.75) is 32.6 Å². The summed E-state index contributed by atoms with van der Waals surface area (Å²) in [6, 6.07) is 7.64. The van der Waals surface area contributed by atoms with Crippen molar-refractivity contribution in [2.24, 2.45) is 0 Å². The number of rotatable bonds is 3. The standard InChI is InChI=1S/C16H17F2N/c1-4-16(2,3)12-9-11(17)10-13(18)15(12)14-7-5-6-8-19-14/h5-10H,4H2,1-3H3. The third-order valence-electron chi connectivity index (χ3n) is 3.59. The maximum absolute atomic E-state index is 14.2. The zero-order chi connectivity index (χ0) is 14.0. The lowest BCUT2D eigenvalue weighted by molar-refractivity contribution is 0.493. The lowest BCUT2D eigenvalue weighted by atomic mass is 9.78. The van der Waals surface area contributed by atoms with E-state index in [-0.39, 0.29) is 5.41 Å². The molecular formula is C16H17F2N. The molecular weight excluding hydrogens is 244 g/mol. The Bertz CT molecular complexity index is 577. The molecule has 0 spiro atoms. The summed E-state index contributed by atoms with van der Waals surface area (Å²) in [5.41, 5.74) is 1.28. The molecule has 1 aromatic carbocycles. The molecule has 0 aliphatic carbocycles. The summed E-state index contributed by atoms with van der Waals surface area (Å²) >= 11 is 0. The maximum atomic E-state index is 14.2. The van der Waals surface area contributed by atoms with Crippen molar-refractivity contribution in [3.05, 3.63) is 53.7 Å². The summed E-state index contributed by atoms with van der Waals surface area (Å²) in [6.45, 7) is 5.96. The molecule has 0 N–H and O–H groups in total. The van der Waals surface area contributed by atoms with E-state index in [1.807, 2.05) is 20.8 Å². The van der Waals surface area contributed by atoms with Crippen molar-refractivity contribution in [1.82, 2.24) is 4.98 Å². The van der Waals surface area contributed by atoms with Gasteiger partial charge in [-0.25, -0.2) is 8.78 Å². The van der Waals surface area contributed by atoms with Gasteiger partial charge in [0, 0.05) is 17.8 Å². The minimum atomic E-state index is -0.560. The van der Waals surface area contributed by atoms with Crippen molar-refractivity contribution in [3.63, 3.8) is 0 Å². The normalized spacial score (nSPS) is 11.6. The number of benzene rings is 1. The van der Waals surface area contributed by atoms with E-state index in [1.165, 1.54) is 6.07 Å². The average molecular weight is 261 g/mol. The minimum Gasteiger partial charge on any atom is -0.256 e. The Hall–Kier alpha value is -1.77. The third kappa shape index (κ3) is 2.65. The molecule has 0 fully saturated rings. The Balaban J connectivity index is 2.73. The van der Waals surface area contributed by atoms with Crippen LogP contribution in [0.3, 0.4) is 0 Å². The van der Waals surface area contributed by atoms with E-state index in [0.29, 0.717) is 16.8 Å². The first-order valence-electron chi connectivity index (χ1n) is 6.36. The SMILES string of the molecule is CCC(C)(C)c1cc(F)cc(F)c1-c1ccccn1. The summed E-state index contributed by atoms with van der Waals surface area (Å²) < 4.78 is 27.7. The van der Waals surface area contributed by atoms with E-state index in [1.54, 1.807) is 24.4 Å². The quantitative estimate of drug-likeness (QED) is 0.779. The van der Waals surface area contributed by atoms with E-state index in [9.17, 15) is 8.78 Å². The molecule has 0 aliphatic heterocycles. The molecule has 0 saturated carbocycles. The highest BCUT2D eigenvalue weighted by Crippen LogP contribution is 2.36. The Labute approximate surface area is 112 Å². The molecule has 0 amide bonds. The van der Waals surface area contributed by atoms with Gasteiger partial charge in [-0.1, -0.05) is 26.8 Å². The van der Waals surface area contributed by atoms with Crippen LogP contribution in [0.2, 0.25) is 0 Å². The Morgan fingerprint density at radius 3 is 2.47 bits per heavy atom. The molecule has 1 nitrogen and oxygen atoms in total. The van der Waals surface area contributed by atoms with Crippen LogP contribution in [-0.2, 0) is 5.41 Å². The molecule has 0 saturated heterocycles. The second-order valence-electron chi connectivity index (χ2n) is 5.26. The average Bonchev–Trinajstić information content (AvgIpc) is 2.39. The van der Waals surface area contributed by atoms with Crippen molar-refractivity contribution in [3.8, 4) is 11.3 Å². The predicted octanol–water partition coefficient (Wildman–Crippen LogP) is 4.71. The van der Waals surface area contributed by atoms with Crippen LogP contribution in [-0.4, -0.2) is 4.98 Å². The lowest BCUT2D eigenvalue weighted by Crippen LogP contribution is -2.18. The molecule has 2 rings (SSSR count). The number of halogens is 2. The highest BCUT2D eigenvalue weighted by Gasteiger charge is 2.26. The molecule has 0 bridgehead atoms. The number of hydrogen-bond acceptors (Lipinski definition) is 1. The fraction of sp³-hybridized carbons (Fsp3) is 0.312. The second kappa shape index (κ2) is 5.08.